The van der Waals surface area contributed by atoms with Crippen molar-refractivity contribution in [3.63, 3.8) is 0 Å². The van der Waals surface area contributed by atoms with Gasteiger partial charge in [-0.1, -0.05) is 13.8 Å². The lowest BCUT2D eigenvalue weighted by atomic mass is 10.2. The molecule has 0 aliphatic carbocycles. The SMILES string of the molecule is CC(C)c1coc[n+]1O. The van der Waals surface area contributed by atoms with Crippen LogP contribution in [-0.4, -0.2) is 5.21 Å². The van der Waals surface area contributed by atoms with Crippen molar-refractivity contribution in [3.8, 4) is 0 Å². The average molecular weight is 128 g/mol. The topological polar surface area (TPSA) is 37.2 Å². The molecule has 0 fully saturated rings. The monoisotopic (exact) mass is 128 g/mol. The summed E-state index contributed by atoms with van der Waals surface area (Å²) in [5, 5.41) is 8.94. The van der Waals surface area contributed by atoms with Gasteiger partial charge < -0.3 is 4.42 Å². The summed E-state index contributed by atoms with van der Waals surface area (Å²) >= 11 is 0. The summed E-state index contributed by atoms with van der Waals surface area (Å²) in [7, 11) is 0. The van der Waals surface area contributed by atoms with E-state index < -0.39 is 0 Å². The summed E-state index contributed by atoms with van der Waals surface area (Å²) in [6.07, 6.45) is 2.79. The van der Waals surface area contributed by atoms with Crippen LogP contribution in [0, 0.1) is 0 Å². The predicted octanol–water partition coefficient (Wildman–Crippen LogP) is 0.928. The van der Waals surface area contributed by atoms with Crippen LogP contribution in [0.5, 0.6) is 0 Å². The van der Waals surface area contributed by atoms with Crippen molar-refractivity contribution < 1.29 is 14.4 Å². The van der Waals surface area contributed by atoms with Crippen LogP contribution in [0.25, 0.3) is 0 Å². The molecule has 3 nitrogen and oxygen atoms in total. The normalized spacial score (nSPS) is 10.6. The fourth-order valence-corrected chi connectivity index (χ4v) is 0.673. The summed E-state index contributed by atoms with van der Waals surface area (Å²) in [5.74, 6) is 0.300. The molecule has 1 N–H and O–H groups in total. The molecule has 0 aliphatic rings. The summed E-state index contributed by atoms with van der Waals surface area (Å²) in [5.41, 5.74) is 0.787. The predicted molar refractivity (Wildman–Crippen MR) is 30.2 cm³/mol. The first kappa shape index (κ1) is 6.13. The quantitative estimate of drug-likeness (QED) is 0.451. The molecule has 0 aliphatic heterocycles. The highest BCUT2D eigenvalue weighted by Gasteiger charge is 2.15. The van der Waals surface area contributed by atoms with Gasteiger partial charge in [0.05, 0.1) is 0 Å². The zero-order chi connectivity index (χ0) is 6.85. The molecule has 9 heavy (non-hydrogen) atoms. The average Bonchev–Trinajstić information content (AvgIpc) is 2.13. The first-order chi connectivity index (χ1) is 4.22. The van der Waals surface area contributed by atoms with E-state index in [4.69, 9.17) is 9.62 Å². The second-order valence-corrected chi connectivity index (χ2v) is 2.28. The lowest BCUT2D eigenvalue weighted by Gasteiger charge is -1.89. The first-order valence-corrected chi connectivity index (χ1v) is 2.89. The molecule has 1 rings (SSSR count). The Morgan fingerprint density at radius 3 is 2.56 bits per heavy atom. The van der Waals surface area contributed by atoms with Gasteiger partial charge in [0.25, 0.3) is 5.69 Å². The van der Waals surface area contributed by atoms with Crippen LogP contribution >= 0.6 is 0 Å². The van der Waals surface area contributed by atoms with Crippen molar-refractivity contribution in [2.75, 3.05) is 0 Å². The van der Waals surface area contributed by atoms with Gasteiger partial charge in [0, 0.05) is 10.6 Å². The molecule has 1 aromatic rings. The Balaban J connectivity index is 2.94. The minimum Gasteiger partial charge on any atom is -0.409 e. The van der Waals surface area contributed by atoms with E-state index in [2.05, 4.69) is 0 Å². The third-order valence-corrected chi connectivity index (χ3v) is 1.21. The summed E-state index contributed by atoms with van der Waals surface area (Å²) in [6, 6.07) is 0. The lowest BCUT2D eigenvalue weighted by molar-refractivity contribution is -0.911. The third kappa shape index (κ3) is 1.04. The van der Waals surface area contributed by atoms with Gasteiger partial charge in [-0.25, -0.2) is 0 Å². The summed E-state index contributed by atoms with van der Waals surface area (Å²) in [6.45, 7) is 3.97. The molecule has 1 heterocycles. The third-order valence-electron chi connectivity index (χ3n) is 1.21. The Labute approximate surface area is 53.5 Å². The van der Waals surface area contributed by atoms with Gasteiger partial charge in [-0.3, -0.25) is 5.21 Å². The number of nitrogens with zero attached hydrogens (tertiary/aromatic N) is 1. The van der Waals surface area contributed by atoms with Crippen LogP contribution in [0.2, 0.25) is 0 Å². The van der Waals surface area contributed by atoms with Crippen LogP contribution in [0.3, 0.4) is 0 Å². The zero-order valence-corrected chi connectivity index (χ0v) is 5.53. The van der Waals surface area contributed by atoms with Gasteiger partial charge in [0.1, 0.15) is 0 Å². The highest BCUT2D eigenvalue weighted by atomic mass is 16.5. The summed E-state index contributed by atoms with van der Waals surface area (Å²) < 4.78 is 5.71. The largest absolute Gasteiger partial charge is 0.409 e. The van der Waals surface area contributed by atoms with Crippen molar-refractivity contribution in [3.05, 3.63) is 18.4 Å². The van der Waals surface area contributed by atoms with E-state index in [9.17, 15) is 0 Å². The van der Waals surface area contributed by atoms with Gasteiger partial charge in [-0.05, 0) is 0 Å². The van der Waals surface area contributed by atoms with E-state index in [1.54, 1.807) is 0 Å². The Morgan fingerprint density at radius 2 is 2.33 bits per heavy atom. The minimum atomic E-state index is 0.300. The maximum Gasteiger partial charge on any atom is 0.384 e. The van der Waals surface area contributed by atoms with Crippen molar-refractivity contribution in [1.29, 1.82) is 0 Å². The first-order valence-electron chi connectivity index (χ1n) is 2.89. The van der Waals surface area contributed by atoms with Gasteiger partial charge in [-0.2, -0.15) is 0 Å². The van der Waals surface area contributed by atoms with E-state index in [-0.39, 0.29) is 0 Å². The number of hydrogen-bond donors (Lipinski definition) is 1. The van der Waals surface area contributed by atoms with Gasteiger partial charge in [-0.15, -0.1) is 0 Å². The number of hydrogen-bond acceptors (Lipinski definition) is 2. The Bertz CT molecular complexity index is 193. The maximum absolute atomic E-state index is 8.94. The molecule has 0 aromatic carbocycles. The maximum atomic E-state index is 8.94. The molecule has 0 spiro atoms. The Kier molecular flexibility index (Phi) is 1.42. The molecule has 0 bridgehead atoms. The highest BCUT2D eigenvalue weighted by molar-refractivity contribution is 4.88. The fraction of sp³-hybridized carbons (Fsp3) is 0.500. The standard InChI is InChI=1S/C6H10NO2/c1-5(2)6-3-9-4-7(6)8/h3-5,8H,1-2H3/q+1. The zero-order valence-electron chi connectivity index (χ0n) is 5.53. The molecule has 0 saturated carbocycles. The van der Waals surface area contributed by atoms with E-state index in [1.807, 2.05) is 13.8 Å². The number of rotatable bonds is 1. The summed E-state index contributed by atoms with van der Waals surface area (Å²) in [4.78, 5) is 0. The minimum absolute atomic E-state index is 0.300. The molecule has 0 radical (unpaired) electrons. The lowest BCUT2D eigenvalue weighted by Crippen LogP contribution is -2.32. The van der Waals surface area contributed by atoms with E-state index in [0.29, 0.717) is 5.92 Å². The molecule has 0 atom stereocenters. The number of oxazole rings is 1. The fourth-order valence-electron chi connectivity index (χ4n) is 0.673. The van der Waals surface area contributed by atoms with Gasteiger partial charge >= 0.3 is 6.39 Å². The highest BCUT2D eigenvalue weighted by Crippen LogP contribution is 2.07. The molecule has 0 saturated heterocycles. The van der Waals surface area contributed by atoms with Crippen molar-refractivity contribution >= 4 is 0 Å². The van der Waals surface area contributed by atoms with Crippen LogP contribution in [0.1, 0.15) is 25.5 Å². The van der Waals surface area contributed by atoms with Crippen LogP contribution in [0.4, 0.5) is 0 Å². The van der Waals surface area contributed by atoms with Crippen molar-refractivity contribution in [1.82, 2.24) is 0 Å². The molecule has 3 heteroatoms. The van der Waals surface area contributed by atoms with E-state index in [0.717, 1.165) is 10.4 Å². The molecular weight excluding hydrogens is 118 g/mol. The molecule has 1 aromatic heterocycles. The molecule has 50 valence electrons. The number of aromatic nitrogens is 1. The molecule has 0 amide bonds. The molecule has 0 unspecified atom stereocenters. The van der Waals surface area contributed by atoms with Crippen molar-refractivity contribution in [2.45, 2.75) is 19.8 Å². The van der Waals surface area contributed by atoms with Gasteiger partial charge in [0.15, 0.2) is 6.26 Å². The second kappa shape index (κ2) is 2.09. The smallest absolute Gasteiger partial charge is 0.384 e. The van der Waals surface area contributed by atoms with E-state index in [1.165, 1.54) is 12.7 Å². The Hall–Kier alpha value is -0.990. The molecular formula is C6H10NO2+. The van der Waals surface area contributed by atoms with Crippen molar-refractivity contribution in [2.24, 2.45) is 0 Å². The second-order valence-electron chi connectivity index (χ2n) is 2.28. The van der Waals surface area contributed by atoms with Crippen LogP contribution in [-0.2, 0) is 0 Å². The van der Waals surface area contributed by atoms with Crippen LogP contribution < -0.4 is 4.73 Å². The van der Waals surface area contributed by atoms with Crippen LogP contribution in [0.15, 0.2) is 17.1 Å². The van der Waals surface area contributed by atoms with E-state index >= 15 is 0 Å². The Morgan fingerprint density at radius 1 is 1.67 bits per heavy atom. The van der Waals surface area contributed by atoms with Gasteiger partial charge in [0.2, 0.25) is 0 Å².